The fourth-order valence-electron chi connectivity index (χ4n) is 3.73. The van der Waals surface area contributed by atoms with E-state index < -0.39 is 0 Å². The number of fused-ring (bicyclic) bond motifs is 2. The monoisotopic (exact) mass is 402 g/mol. The number of anilines is 2. The Kier molecular flexibility index (Phi) is 4.63. The number of hydrogen-bond donors (Lipinski definition) is 1. The van der Waals surface area contributed by atoms with Gasteiger partial charge in [-0.3, -0.25) is 0 Å². The number of nitrogens with zero attached hydrogens (tertiary/aromatic N) is 3. The first kappa shape index (κ1) is 18.3. The van der Waals surface area contributed by atoms with Crippen LogP contribution >= 0.6 is 0 Å². The van der Waals surface area contributed by atoms with Gasteiger partial charge in [0.25, 0.3) is 0 Å². The minimum atomic E-state index is 0.646. The van der Waals surface area contributed by atoms with E-state index in [1.54, 1.807) is 20.4 Å². The summed E-state index contributed by atoms with van der Waals surface area (Å²) in [4.78, 5) is 9.34. The Morgan fingerprint density at radius 3 is 2.83 bits per heavy atom. The number of methoxy groups -OCH3 is 2. The highest BCUT2D eigenvalue weighted by Gasteiger charge is 2.15. The van der Waals surface area contributed by atoms with Gasteiger partial charge in [0.1, 0.15) is 5.75 Å². The number of aromatic nitrogens is 3. The van der Waals surface area contributed by atoms with Crippen molar-refractivity contribution in [2.75, 3.05) is 26.1 Å². The number of imidazole rings is 1. The van der Waals surface area contributed by atoms with Crippen molar-refractivity contribution in [3.63, 3.8) is 0 Å². The number of ether oxygens (including phenoxy) is 3. The van der Waals surface area contributed by atoms with E-state index in [9.17, 15) is 0 Å². The van der Waals surface area contributed by atoms with Crippen molar-refractivity contribution in [2.45, 2.75) is 12.8 Å². The van der Waals surface area contributed by atoms with Crippen molar-refractivity contribution in [2.24, 2.45) is 0 Å². The molecule has 0 radical (unpaired) electrons. The van der Waals surface area contributed by atoms with Gasteiger partial charge in [-0.1, -0.05) is 0 Å². The molecule has 3 heterocycles. The van der Waals surface area contributed by atoms with Crippen LogP contribution in [0.25, 0.3) is 16.9 Å². The first-order valence-corrected chi connectivity index (χ1v) is 9.84. The second-order valence-corrected chi connectivity index (χ2v) is 7.10. The maximum Gasteiger partial charge on any atom is 0.180 e. The van der Waals surface area contributed by atoms with Crippen LogP contribution in [0.3, 0.4) is 0 Å². The van der Waals surface area contributed by atoms with Crippen LogP contribution in [0.4, 0.5) is 11.5 Å². The third-order valence-corrected chi connectivity index (χ3v) is 5.22. The summed E-state index contributed by atoms with van der Waals surface area (Å²) in [5, 5.41) is 3.38. The van der Waals surface area contributed by atoms with Gasteiger partial charge in [0.05, 0.1) is 26.5 Å². The third kappa shape index (κ3) is 3.28. The molecule has 0 amide bonds. The lowest BCUT2D eigenvalue weighted by Crippen LogP contribution is -2.08. The first-order valence-electron chi connectivity index (χ1n) is 9.84. The Morgan fingerprint density at radius 2 is 1.97 bits per heavy atom. The molecule has 1 aliphatic rings. The maximum atomic E-state index is 5.75. The first-order chi connectivity index (χ1) is 14.7. The summed E-state index contributed by atoms with van der Waals surface area (Å²) in [5.41, 5.74) is 4.71. The maximum absolute atomic E-state index is 5.75. The van der Waals surface area contributed by atoms with E-state index in [0.29, 0.717) is 17.3 Å². The molecule has 2 aromatic heterocycles. The predicted octanol–water partition coefficient (Wildman–Crippen LogP) is 4.48. The van der Waals surface area contributed by atoms with E-state index in [-0.39, 0.29) is 0 Å². The van der Waals surface area contributed by atoms with E-state index in [4.69, 9.17) is 19.2 Å². The van der Waals surface area contributed by atoms with Crippen LogP contribution in [-0.2, 0) is 6.42 Å². The third-order valence-electron chi connectivity index (χ3n) is 5.22. The lowest BCUT2D eigenvalue weighted by molar-refractivity contribution is 0.288. The fourth-order valence-corrected chi connectivity index (χ4v) is 3.73. The highest BCUT2D eigenvalue weighted by molar-refractivity contribution is 5.75. The van der Waals surface area contributed by atoms with Crippen molar-refractivity contribution in [3.05, 3.63) is 60.6 Å². The van der Waals surface area contributed by atoms with Gasteiger partial charge in [-0.25, -0.2) is 9.97 Å². The molecule has 7 nitrogen and oxygen atoms in total. The minimum Gasteiger partial charge on any atom is -0.493 e. The molecule has 0 unspecified atom stereocenters. The summed E-state index contributed by atoms with van der Waals surface area (Å²) in [6.07, 6.45) is 7.74. The Bertz CT molecular complexity index is 1220. The minimum absolute atomic E-state index is 0.646. The molecular formula is C23H22N4O3. The summed E-state index contributed by atoms with van der Waals surface area (Å²) in [6, 6.07) is 11.9. The molecule has 0 fully saturated rings. The van der Waals surface area contributed by atoms with Crippen molar-refractivity contribution >= 4 is 17.2 Å². The smallest absolute Gasteiger partial charge is 0.180 e. The number of rotatable bonds is 5. The van der Waals surface area contributed by atoms with Gasteiger partial charge in [0.2, 0.25) is 0 Å². The standard InChI is InChI=1S/C23H22N4O3/c1-28-20-8-6-17(13-21(20)29-2)25-22-23-24-9-10-27(23)14-18(26-22)15-5-7-19-16(12-15)4-3-11-30-19/h5-10,12-14H,3-4,11H2,1-2H3,(H,25,26). The zero-order valence-corrected chi connectivity index (χ0v) is 16.9. The van der Waals surface area contributed by atoms with Crippen LogP contribution in [0.5, 0.6) is 17.2 Å². The number of hydrogen-bond acceptors (Lipinski definition) is 6. The molecule has 152 valence electrons. The largest absolute Gasteiger partial charge is 0.493 e. The van der Waals surface area contributed by atoms with E-state index in [0.717, 1.165) is 47.8 Å². The van der Waals surface area contributed by atoms with Crippen molar-refractivity contribution in [1.29, 1.82) is 0 Å². The summed E-state index contributed by atoms with van der Waals surface area (Å²) >= 11 is 0. The van der Waals surface area contributed by atoms with Gasteiger partial charge < -0.3 is 23.9 Å². The van der Waals surface area contributed by atoms with Gasteiger partial charge in [0, 0.05) is 35.9 Å². The molecule has 2 aromatic carbocycles. The lowest BCUT2D eigenvalue weighted by Gasteiger charge is -2.18. The average Bonchev–Trinajstić information content (AvgIpc) is 3.27. The molecule has 0 saturated heterocycles. The van der Waals surface area contributed by atoms with E-state index in [1.807, 2.05) is 41.1 Å². The Labute approximate surface area is 174 Å². The molecule has 0 bridgehead atoms. The highest BCUT2D eigenvalue weighted by Crippen LogP contribution is 2.33. The average molecular weight is 402 g/mol. The van der Waals surface area contributed by atoms with Crippen LogP contribution in [0.1, 0.15) is 12.0 Å². The molecule has 30 heavy (non-hydrogen) atoms. The second kappa shape index (κ2) is 7.59. The summed E-state index contributed by atoms with van der Waals surface area (Å²) in [6.45, 7) is 0.783. The van der Waals surface area contributed by atoms with Crippen LogP contribution in [0, 0.1) is 0 Å². The molecular weight excluding hydrogens is 380 g/mol. The molecule has 7 heteroatoms. The fraction of sp³-hybridized carbons (Fsp3) is 0.217. The molecule has 0 atom stereocenters. The van der Waals surface area contributed by atoms with E-state index in [1.165, 1.54) is 5.56 Å². The summed E-state index contributed by atoms with van der Waals surface area (Å²) in [7, 11) is 3.24. The van der Waals surface area contributed by atoms with E-state index in [2.05, 4.69) is 22.4 Å². The molecule has 0 aliphatic carbocycles. The van der Waals surface area contributed by atoms with Crippen molar-refractivity contribution in [3.8, 4) is 28.5 Å². The van der Waals surface area contributed by atoms with Crippen LogP contribution in [0.15, 0.2) is 55.0 Å². The predicted molar refractivity (Wildman–Crippen MR) is 115 cm³/mol. The quantitative estimate of drug-likeness (QED) is 0.531. The van der Waals surface area contributed by atoms with Gasteiger partial charge in [-0.2, -0.15) is 0 Å². The molecule has 1 aliphatic heterocycles. The Hall–Kier alpha value is -3.74. The van der Waals surface area contributed by atoms with E-state index >= 15 is 0 Å². The topological polar surface area (TPSA) is 69.9 Å². The highest BCUT2D eigenvalue weighted by atomic mass is 16.5. The number of nitrogens with one attached hydrogen (secondary N) is 1. The van der Waals surface area contributed by atoms with Crippen LogP contribution in [-0.4, -0.2) is 35.2 Å². The van der Waals surface area contributed by atoms with Gasteiger partial charge in [-0.05, 0) is 48.7 Å². The second-order valence-electron chi connectivity index (χ2n) is 7.10. The number of benzene rings is 2. The molecule has 1 N–H and O–H groups in total. The van der Waals surface area contributed by atoms with Gasteiger partial charge in [0.15, 0.2) is 23.0 Å². The van der Waals surface area contributed by atoms with Gasteiger partial charge in [-0.15, -0.1) is 0 Å². The Morgan fingerprint density at radius 1 is 1.07 bits per heavy atom. The summed E-state index contributed by atoms with van der Waals surface area (Å²) < 4.78 is 18.5. The number of aryl methyl sites for hydroxylation is 1. The normalized spacial score (nSPS) is 12.9. The zero-order chi connectivity index (χ0) is 20.5. The summed E-state index contributed by atoms with van der Waals surface area (Å²) in [5.74, 6) is 2.95. The molecule has 5 rings (SSSR count). The molecule has 0 spiro atoms. The zero-order valence-electron chi connectivity index (χ0n) is 16.9. The van der Waals surface area contributed by atoms with Crippen LogP contribution in [0.2, 0.25) is 0 Å². The lowest BCUT2D eigenvalue weighted by atomic mass is 10.0. The van der Waals surface area contributed by atoms with Crippen LogP contribution < -0.4 is 19.5 Å². The molecule has 0 saturated carbocycles. The Balaban J connectivity index is 1.55. The van der Waals surface area contributed by atoms with Crippen molar-refractivity contribution in [1.82, 2.24) is 14.4 Å². The van der Waals surface area contributed by atoms with Gasteiger partial charge >= 0.3 is 0 Å². The van der Waals surface area contributed by atoms with Crippen molar-refractivity contribution < 1.29 is 14.2 Å². The SMILES string of the molecule is COc1ccc(Nc2nc(-c3ccc4c(c3)CCCO4)cn3ccnc23)cc1OC. The molecule has 4 aromatic rings.